The molecular formula is C13H14BrFO3. The zero-order chi connectivity index (χ0) is 13.3. The summed E-state index contributed by atoms with van der Waals surface area (Å²) in [5, 5.41) is 8.97. The molecule has 3 nitrogen and oxygen atoms in total. The molecule has 0 saturated heterocycles. The standard InChI is InChI=1S/C13H14BrFO3/c1-18-11-5-8(15)4-10(13(11)14)9(6-12(16)17)7-2-3-7/h4-5,7,9H,2-3,6H2,1H3,(H,16,17). The summed E-state index contributed by atoms with van der Waals surface area (Å²) in [5.41, 5.74) is 0.691. The molecule has 1 aromatic carbocycles. The number of aliphatic carboxylic acids is 1. The van der Waals surface area contributed by atoms with Crippen LogP contribution in [0.5, 0.6) is 5.75 Å². The summed E-state index contributed by atoms with van der Waals surface area (Å²) < 4.78 is 19.3. The van der Waals surface area contributed by atoms with Gasteiger partial charge in [0.15, 0.2) is 0 Å². The molecule has 1 fully saturated rings. The van der Waals surface area contributed by atoms with Gasteiger partial charge in [0.1, 0.15) is 11.6 Å². The second-order valence-corrected chi connectivity index (χ2v) is 5.35. The van der Waals surface area contributed by atoms with Gasteiger partial charge in [-0.25, -0.2) is 4.39 Å². The van der Waals surface area contributed by atoms with Gasteiger partial charge in [0, 0.05) is 6.07 Å². The summed E-state index contributed by atoms with van der Waals surface area (Å²) in [4.78, 5) is 10.9. The number of carbonyl (C=O) groups is 1. The largest absolute Gasteiger partial charge is 0.495 e. The van der Waals surface area contributed by atoms with Gasteiger partial charge in [-0.05, 0) is 52.2 Å². The van der Waals surface area contributed by atoms with Crippen LogP contribution in [0.2, 0.25) is 0 Å². The highest BCUT2D eigenvalue weighted by molar-refractivity contribution is 9.10. The Morgan fingerprint density at radius 2 is 2.28 bits per heavy atom. The van der Waals surface area contributed by atoms with Crippen LogP contribution in [0.3, 0.4) is 0 Å². The number of carboxylic acid groups (broad SMARTS) is 1. The number of benzene rings is 1. The fourth-order valence-electron chi connectivity index (χ4n) is 2.22. The fourth-order valence-corrected chi connectivity index (χ4v) is 2.90. The zero-order valence-corrected chi connectivity index (χ0v) is 11.5. The Kier molecular flexibility index (Phi) is 3.90. The Labute approximate surface area is 113 Å². The highest BCUT2D eigenvalue weighted by atomic mass is 79.9. The predicted octanol–water partition coefficient (Wildman–Crippen LogP) is 3.57. The molecule has 18 heavy (non-hydrogen) atoms. The van der Waals surface area contributed by atoms with Gasteiger partial charge in [0.25, 0.3) is 0 Å². The molecule has 1 aromatic rings. The van der Waals surface area contributed by atoms with Crippen LogP contribution < -0.4 is 4.74 Å². The molecule has 0 aliphatic heterocycles. The maximum atomic E-state index is 13.5. The average molecular weight is 317 g/mol. The van der Waals surface area contributed by atoms with Crippen LogP contribution >= 0.6 is 15.9 Å². The lowest BCUT2D eigenvalue weighted by atomic mass is 9.91. The molecule has 0 aromatic heterocycles. The molecule has 1 N–H and O–H groups in total. The predicted molar refractivity (Wildman–Crippen MR) is 68.4 cm³/mol. The van der Waals surface area contributed by atoms with E-state index in [9.17, 15) is 9.18 Å². The lowest BCUT2D eigenvalue weighted by Gasteiger charge is -2.18. The molecule has 1 unspecified atom stereocenters. The van der Waals surface area contributed by atoms with Crippen LogP contribution in [0, 0.1) is 11.7 Å². The first kappa shape index (κ1) is 13.3. The number of ether oxygens (including phenoxy) is 1. The van der Waals surface area contributed by atoms with Crippen LogP contribution in [-0.2, 0) is 4.79 Å². The molecule has 1 aliphatic rings. The first-order valence-corrected chi connectivity index (χ1v) is 6.57. The van der Waals surface area contributed by atoms with Crippen molar-refractivity contribution in [1.82, 2.24) is 0 Å². The fraction of sp³-hybridized carbons (Fsp3) is 0.462. The molecule has 1 saturated carbocycles. The number of carboxylic acids is 1. The third-order valence-electron chi connectivity index (χ3n) is 3.24. The van der Waals surface area contributed by atoms with Gasteiger partial charge in [0.2, 0.25) is 0 Å². The topological polar surface area (TPSA) is 46.5 Å². The molecule has 0 bridgehead atoms. The Morgan fingerprint density at radius 1 is 1.61 bits per heavy atom. The SMILES string of the molecule is COc1cc(F)cc(C(CC(=O)O)C2CC2)c1Br. The van der Waals surface area contributed by atoms with Gasteiger partial charge < -0.3 is 9.84 Å². The number of halogens is 2. The van der Waals surface area contributed by atoms with Gasteiger partial charge in [-0.2, -0.15) is 0 Å². The number of methoxy groups -OCH3 is 1. The summed E-state index contributed by atoms with van der Waals surface area (Å²) >= 11 is 3.38. The van der Waals surface area contributed by atoms with E-state index in [0.29, 0.717) is 21.7 Å². The van der Waals surface area contributed by atoms with Crippen LogP contribution in [-0.4, -0.2) is 18.2 Å². The second kappa shape index (κ2) is 5.26. The highest BCUT2D eigenvalue weighted by Crippen LogP contribution is 2.48. The van der Waals surface area contributed by atoms with E-state index in [0.717, 1.165) is 12.8 Å². The van der Waals surface area contributed by atoms with Crippen molar-refractivity contribution in [2.24, 2.45) is 5.92 Å². The second-order valence-electron chi connectivity index (χ2n) is 4.55. The Balaban J connectivity index is 2.40. The molecule has 0 amide bonds. The Morgan fingerprint density at radius 3 is 2.78 bits per heavy atom. The Bertz CT molecular complexity index is 472. The van der Waals surface area contributed by atoms with E-state index in [4.69, 9.17) is 9.84 Å². The number of hydrogen-bond donors (Lipinski definition) is 1. The molecule has 2 rings (SSSR count). The normalized spacial score (nSPS) is 16.4. The minimum Gasteiger partial charge on any atom is -0.495 e. The summed E-state index contributed by atoms with van der Waals surface area (Å²) in [6.45, 7) is 0. The minimum atomic E-state index is -0.859. The van der Waals surface area contributed by atoms with E-state index in [2.05, 4.69) is 15.9 Å². The van der Waals surface area contributed by atoms with E-state index in [-0.39, 0.29) is 12.3 Å². The van der Waals surface area contributed by atoms with Crippen LogP contribution in [0.4, 0.5) is 4.39 Å². The smallest absolute Gasteiger partial charge is 0.303 e. The lowest BCUT2D eigenvalue weighted by Crippen LogP contribution is -2.10. The van der Waals surface area contributed by atoms with Gasteiger partial charge in [-0.3, -0.25) is 4.79 Å². The van der Waals surface area contributed by atoms with E-state index in [1.807, 2.05) is 0 Å². The first-order valence-electron chi connectivity index (χ1n) is 5.77. The van der Waals surface area contributed by atoms with E-state index < -0.39 is 11.8 Å². The quantitative estimate of drug-likeness (QED) is 0.903. The van der Waals surface area contributed by atoms with Crippen molar-refractivity contribution in [3.63, 3.8) is 0 Å². The lowest BCUT2D eigenvalue weighted by molar-refractivity contribution is -0.137. The zero-order valence-electron chi connectivity index (χ0n) is 9.95. The first-order chi connectivity index (χ1) is 8.52. The van der Waals surface area contributed by atoms with Crippen molar-refractivity contribution >= 4 is 21.9 Å². The van der Waals surface area contributed by atoms with Crippen molar-refractivity contribution in [2.75, 3.05) is 7.11 Å². The van der Waals surface area contributed by atoms with E-state index in [1.54, 1.807) is 0 Å². The van der Waals surface area contributed by atoms with Crippen molar-refractivity contribution < 1.29 is 19.0 Å². The van der Waals surface area contributed by atoms with Crippen LogP contribution in [0.15, 0.2) is 16.6 Å². The van der Waals surface area contributed by atoms with Crippen molar-refractivity contribution in [3.05, 3.63) is 28.0 Å². The molecule has 0 heterocycles. The van der Waals surface area contributed by atoms with Gasteiger partial charge >= 0.3 is 5.97 Å². The maximum Gasteiger partial charge on any atom is 0.303 e. The summed E-state index contributed by atoms with van der Waals surface area (Å²) in [5.74, 6) is -0.672. The van der Waals surface area contributed by atoms with Gasteiger partial charge in [0.05, 0.1) is 18.0 Å². The molecule has 5 heteroatoms. The minimum absolute atomic E-state index is 0.0237. The molecule has 1 aliphatic carbocycles. The molecule has 0 spiro atoms. The van der Waals surface area contributed by atoms with Crippen LogP contribution in [0.1, 0.15) is 30.7 Å². The molecule has 98 valence electrons. The molecule has 0 radical (unpaired) electrons. The molecule has 1 atom stereocenters. The monoisotopic (exact) mass is 316 g/mol. The Hall–Kier alpha value is -1.10. The van der Waals surface area contributed by atoms with Crippen LogP contribution in [0.25, 0.3) is 0 Å². The number of rotatable bonds is 5. The third kappa shape index (κ3) is 2.83. The maximum absolute atomic E-state index is 13.5. The van der Waals surface area contributed by atoms with Crippen molar-refractivity contribution in [3.8, 4) is 5.75 Å². The number of hydrogen-bond acceptors (Lipinski definition) is 2. The van der Waals surface area contributed by atoms with Crippen molar-refractivity contribution in [2.45, 2.75) is 25.2 Å². The van der Waals surface area contributed by atoms with Gasteiger partial charge in [-0.15, -0.1) is 0 Å². The van der Waals surface area contributed by atoms with E-state index in [1.165, 1.54) is 19.2 Å². The van der Waals surface area contributed by atoms with Crippen molar-refractivity contribution in [1.29, 1.82) is 0 Å². The third-order valence-corrected chi connectivity index (χ3v) is 4.09. The molecular weight excluding hydrogens is 303 g/mol. The highest BCUT2D eigenvalue weighted by Gasteiger charge is 2.35. The average Bonchev–Trinajstić information content (AvgIpc) is 3.12. The van der Waals surface area contributed by atoms with Gasteiger partial charge in [-0.1, -0.05) is 0 Å². The summed E-state index contributed by atoms with van der Waals surface area (Å²) in [6, 6.07) is 2.69. The van der Waals surface area contributed by atoms with E-state index >= 15 is 0 Å². The summed E-state index contributed by atoms with van der Waals surface area (Å²) in [6.07, 6.45) is 2.03. The summed E-state index contributed by atoms with van der Waals surface area (Å²) in [7, 11) is 1.46.